The van der Waals surface area contributed by atoms with Crippen LogP contribution in [0.5, 0.6) is 0 Å². The molecule has 1 aromatic carbocycles. The molecule has 0 aliphatic rings. The smallest absolute Gasteiger partial charge is 0.335 e. The van der Waals surface area contributed by atoms with E-state index in [0.29, 0.717) is 24.0 Å². The second-order valence-electron chi connectivity index (χ2n) is 5.72. The van der Waals surface area contributed by atoms with Gasteiger partial charge in [0.05, 0.1) is 16.5 Å². The van der Waals surface area contributed by atoms with Crippen LogP contribution in [0.3, 0.4) is 0 Å². The summed E-state index contributed by atoms with van der Waals surface area (Å²) in [4.78, 5) is 30.1. The van der Waals surface area contributed by atoms with E-state index < -0.39 is 5.97 Å². The number of hydrogen-bond acceptors (Lipinski definition) is 4. The second-order valence-corrected chi connectivity index (χ2v) is 5.72. The highest BCUT2D eigenvalue weighted by Gasteiger charge is 2.13. The van der Waals surface area contributed by atoms with Crippen molar-refractivity contribution in [1.29, 1.82) is 0 Å². The van der Waals surface area contributed by atoms with Gasteiger partial charge in [-0.1, -0.05) is 6.07 Å². The molecule has 6 nitrogen and oxygen atoms in total. The molecule has 0 spiro atoms. The monoisotopic (exact) mass is 311 g/mol. The molecular weight excluding hydrogens is 294 g/mol. The van der Waals surface area contributed by atoms with E-state index in [1.165, 1.54) is 0 Å². The van der Waals surface area contributed by atoms with Gasteiger partial charge in [-0.2, -0.15) is 0 Å². The minimum Gasteiger partial charge on any atom is -0.478 e. The lowest BCUT2D eigenvalue weighted by Crippen LogP contribution is -2.27. The fraction of sp³-hybridized carbons (Fsp3) is 0.235. The zero-order valence-electron chi connectivity index (χ0n) is 13.0. The molecule has 2 heterocycles. The van der Waals surface area contributed by atoms with Gasteiger partial charge in [-0.05, 0) is 37.7 Å². The lowest BCUT2D eigenvalue weighted by atomic mass is 10.1. The van der Waals surface area contributed by atoms with Crippen molar-refractivity contribution in [2.45, 2.75) is 6.54 Å². The Kier molecular flexibility index (Phi) is 3.83. The highest BCUT2D eigenvalue weighted by molar-refractivity contribution is 6.07. The van der Waals surface area contributed by atoms with Crippen LogP contribution in [-0.4, -0.2) is 46.2 Å². The summed E-state index contributed by atoms with van der Waals surface area (Å²) < 4.78 is 1.63. The molecule has 0 aliphatic carbocycles. The van der Waals surface area contributed by atoms with E-state index in [0.717, 1.165) is 10.8 Å². The molecule has 0 radical (unpaired) electrons. The molecular formula is C17H17N3O3. The average molecular weight is 311 g/mol. The first-order chi connectivity index (χ1) is 11.0. The van der Waals surface area contributed by atoms with Gasteiger partial charge in [0.1, 0.15) is 0 Å². The first-order valence-corrected chi connectivity index (χ1v) is 7.27. The topological polar surface area (TPSA) is 75.4 Å². The fourth-order valence-corrected chi connectivity index (χ4v) is 2.69. The average Bonchev–Trinajstić information content (AvgIpc) is 2.54. The van der Waals surface area contributed by atoms with Crippen LogP contribution in [-0.2, 0) is 6.54 Å². The molecule has 1 N–H and O–H groups in total. The lowest BCUT2D eigenvalue weighted by Gasteiger charge is -2.16. The van der Waals surface area contributed by atoms with Gasteiger partial charge in [-0.25, -0.2) is 4.79 Å². The van der Waals surface area contributed by atoms with E-state index in [1.54, 1.807) is 41.2 Å². The number of rotatable bonds is 4. The maximum Gasteiger partial charge on any atom is 0.335 e. The van der Waals surface area contributed by atoms with Crippen molar-refractivity contribution >= 4 is 27.6 Å². The Morgan fingerprint density at radius 1 is 1.22 bits per heavy atom. The Labute approximate surface area is 132 Å². The molecule has 0 amide bonds. The maximum atomic E-state index is 12.8. The van der Waals surface area contributed by atoms with Crippen molar-refractivity contribution in [3.63, 3.8) is 0 Å². The van der Waals surface area contributed by atoms with Crippen LogP contribution >= 0.6 is 0 Å². The number of aromatic carboxylic acids is 1. The molecule has 6 heteroatoms. The number of hydrogen-bond donors (Lipinski definition) is 1. The quantitative estimate of drug-likeness (QED) is 0.744. The van der Waals surface area contributed by atoms with Crippen molar-refractivity contribution < 1.29 is 9.90 Å². The molecule has 118 valence electrons. The SMILES string of the molecule is CN(C)CCn1c(=O)c2cnccc2c2ccc(C(=O)O)cc21. The molecule has 0 unspecified atom stereocenters. The van der Waals surface area contributed by atoms with Crippen LogP contribution in [0.25, 0.3) is 21.7 Å². The lowest BCUT2D eigenvalue weighted by molar-refractivity contribution is 0.0697. The van der Waals surface area contributed by atoms with Gasteiger partial charge in [0.25, 0.3) is 5.56 Å². The Balaban J connectivity index is 2.38. The molecule has 3 aromatic rings. The fourth-order valence-electron chi connectivity index (χ4n) is 2.69. The van der Waals surface area contributed by atoms with E-state index in [4.69, 9.17) is 0 Å². The Morgan fingerprint density at radius 3 is 2.70 bits per heavy atom. The molecule has 3 rings (SSSR count). The van der Waals surface area contributed by atoms with Crippen LogP contribution in [0.15, 0.2) is 41.5 Å². The minimum atomic E-state index is -1.01. The number of pyridine rings is 2. The third kappa shape index (κ3) is 2.68. The van der Waals surface area contributed by atoms with Crippen LogP contribution in [0, 0.1) is 0 Å². The summed E-state index contributed by atoms with van der Waals surface area (Å²) >= 11 is 0. The van der Waals surface area contributed by atoms with Crippen LogP contribution < -0.4 is 5.56 Å². The number of fused-ring (bicyclic) bond motifs is 3. The van der Waals surface area contributed by atoms with Crippen molar-refractivity contribution in [3.8, 4) is 0 Å². The Bertz CT molecular complexity index is 960. The molecule has 2 aromatic heterocycles. The first-order valence-electron chi connectivity index (χ1n) is 7.27. The molecule has 0 aliphatic heterocycles. The van der Waals surface area contributed by atoms with E-state index >= 15 is 0 Å². The summed E-state index contributed by atoms with van der Waals surface area (Å²) in [5.41, 5.74) is 0.657. The molecule has 0 saturated heterocycles. The summed E-state index contributed by atoms with van der Waals surface area (Å²) in [5.74, 6) is -1.01. The van der Waals surface area contributed by atoms with Crippen molar-refractivity contribution in [3.05, 3.63) is 52.6 Å². The van der Waals surface area contributed by atoms with Gasteiger partial charge < -0.3 is 14.6 Å². The first kappa shape index (κ1) is 15.2. The Hall–Kier alpha value is -2.73. The summed E-state index contributed by atoms with van der Waals surface area (Å²) in [7, 11) is 3.86. The largest absolute Gasteiger partial charge is 0.478 e. The van der Waals surface area contributed by atoms with Gasteiger partial charge in [0.15, 0.2) is 0 Å². The number of benzene rings is 1. The number of aromatic nitrogens is 2. The van der Waals surface area contributed by atoms with E-state index in [2.05, 4.69) is 4.98 Å². The van der Waals surface area contributed by atoms with Gasteiger partial charge in [0, 0.05) is 30.9 Å². The summed E-state index contributed by atoms with van der Waals surface area (Å²) in [5, 5.41) is 11.4. The van der Waals surface area contributed by atoms with Gasteiger partial charge in [0.2, 0.25) is 0 Å². The van der Waals surface area contributed by atoms with Gasteiger partial charge >= 0.3 is 5.97 Å². The minimum absolute atomic E-state index is 0.148. The number of nitrogens with zero attached hydrogens (tertiary/aromatic N) is 3. The second kappa shape index (κ2) is 5.81. The zero-order chi connectivity index (χ0) is 16.6. The number of carboxylic acid groups (broad SMARTS) is 1. The molecule has 0 saturated carbocycles. The van der Waals surface area contributed by atoms with Crippen molar-refractivity contribution in [2.75, 3.05) is 20.6 Å². The van der Waals surface area contributed by atoms with Crippen LogP contribution in [0.4, 0.5) is 0 Å². The third-order valence-electron chi connectivity index (χ3n) is 3.89. The van der Waals surface area contributed by atoms with Crippen LogP contribution in [0.2, 0.25) is 0 Å². The van der Waals surface area contributed by atoms with Gasteiger partial charge in [-0.3, -0.25) is 9.78 Å². The highest BCUT2D eigenvalue weighted by Crippen LogP contribution is 2.23. The number of likely N-dealkylation sites (N-methyl/N-ethyl adjacent to an activating group) is 1. The maximum absolute atomic E-state index is 12.8. The van der Waals surface area contributed by atoms with Crippen LogP contribution in [0.1, 0.15) is 10.4 Å². The van der Waals surface area contributed by atoms with E-state index in [1.807, 2.05) is 19.0 Å². The third-order valence-corrected chi connectivity index (χ3v) is 3.89. The highest BCUT2D eigenvalue weighted by atomic mass is 16.4. The summed E-state index contributed by atoms with van der Waals surface area (Å²) in [6, 6.07) is 6.67. The van der Waals surface area contributed by atoms with Crippen molar-refractivity contribution in [2.24, 2.45) is 0 Å². The standard InChI is InChI=1S/C17H17N3O3/c1-19(2)7-8-20-15-9-11(17(22)23)3-4-13(15)12-5-6-18-10-14(12)16(20)21/h3-6,9-10H,7-8H2,1-2H3,(H,22,23). The van der Waals surface area contributed by atoms with Crippen molar-refractivity contribution in [1.82, 2.24) is 14.5 Å². The zero-order valence-corrected chi connectivity index (χ0v) is 13.0. The molecule has 0 atom stereocenters. The molecule has 23 heavy (non-hydrogen) atoms. The Morgan fingerprint density at radius 2 is 2.00 bits per heavy atom. The summed E-state index contributed by atoms with van der Waals surface area (Å²) in [6.07, 6.45) is 3.20. The summed E-state index contributed by atoms with van der Waals surface area (Å²) in [6.45, 7) is 1.16. The molecule has 0 bridgehead atoms. The number of carbonyl (C=O) groups is 1. The van der Waals surface area contributed by atoms with Gasteiger partial charge in [-0.15, -0.1) is 0 Å². The normalized spacial score (nSPS) is 11.4. The van der Waals surface area contributed by atoms with E-state index in [-0.39, 0.29) is 11.1 Å². The van der Waals surface area contributed by atoms with E-state index in [9.17, 15) is 14.7 Å². The predicted molar refractivity (Wildman–Crippen MR) is 89.0 cm³/mol. The number of carboxylic acids is 1. The predicted octanol–water partition coefficient (Wildman–Crippen LogP) is 1.81. The molecule has 0 fully saturated rings.